The van der Waals surface area contributed by atoms with E-state index in [1.807, 2.05) is 44.2 Å². The van der Waals surface area contributed by atoms with E-state index >= 15 is 0 Å². The summed E-state index contributed by atoms with van der Waals surface area (Å²) in [4.78, 5) is 27.4. The third-order valence-electron chi connectivity index (χ3n) is 5.52. The first-order valence-corrected chi connectivity index (χ1v) is 12.8. The lowest BCUT2D eigenvalue weighted by Crippen LogP contribution is -2.53. The number of anilines is 1. The number of nitrogens with zero attached hydrogens (tertiary/aromatic N) is 2. The molecular formula is C24H31F2N3O4S. The van der Waals surface area contributed by atoms with Gasteiger partial charge in [-0.3, -0.25) is 13.9 Å². The number of rotatable bonds is 11. The number of halogens is 2. The summed E-state index contributed by atoms with van der Waals surface area (Å²) in [5.74, 6) is -3.38. The molecule has 0 spiro atoms. The molecule has 1 N–H and O–H groups in total. The summed E-state index contributed by atoms with van der Waals surface area (Å²) in [5.41, 5.74) is 0.755. The molecule has 2 aromatic carbocycles. The molecule has 10 heteroatoms. The van der Waals surface area contributed by atoms with Crippen molar-refractivity contribution in [1.29, 1.82) is 0 Å². The van der Waals surface area contributed by atoms with E-state index in [0.717, 1.165) is 30.0 Å². The minimum absolute atomic E-state index is 0.101. The Morgan fingerprint density at radius 1 is 1.03 bits per heavy atom. The number of benzene rings is 2. The molecule has 0 aromatic heterocycles. The first-order valence-electron chi connectivity index (χ1n) is 11.0. The van der Waals surface area contributed by atoms with Crippen molar-refractivity contribution in [3.8, 4) is 0 Å². The lowest BCUT2D eigenvalue weighted by Gasteiger charge is -2.32. The van der Waals surface area contributed by atoms with Gasteiger partial charge in [-0.15, -0.1) is 0 Å². The van der Waals surface area contributed by atoms with Gasteiger partial charge < -0.3 is 10.2 Å². The number of carbonyl (C=O) groups is 2. The molecule has 2 aromatic rings. The van der Waals surface area contributed by atoms with Gasteiger partial charge in [0.25, 0.3) is 0 Å². The second-order valence-corrected chi connectivity index (χ2v) is 10.1. The minimum Gasteiger partial charge on any atom is -0.352 e. The Kier molecular flexibility index (Phi) is 9.55. The van der Waals surface area contributed by atoms with Crippen LogP contribution >= 0.6 is 0 Å². The van der Waals surface area contributed by atoms with E-state index in [9.17, 15) is 26.8 Å². The summed E-state index contributed by atoms with van der Waals surface area (Å²) in [6.07, 6.45) is 2.01. The molecule has 0 aliphatic heterocycles. The maximum Gasteiger partial charge on any atom is 0.244 e. The molecule has 7 nitrogen and oxygen atoms in total. The normalized spacial score (nSPS) is 13.1. The van der Waals surface area contributed by atoms with E-state index < -0.39 is 40.2 Å². The van der Waals surface area contributed by atoms with Crippen molar-refractivity contribution in [2.75, 3.05) is 23.7 Å². The van der Waals surface area contributed by atoms with Crippen molar-refractivity contribution < 1.29 is 26.8 Å². The van der Waals surface area contributed by atoms with Crippen LogP contribution in [0, 0.1) is 11.6 Å². The molecule has 0 heterocycles. The zero-order chi connectivity index (χ0) is 25.5. The van der Waals surface area contributed by atoms with Gasteiger partial charge in [-0.05, 0) is 44.4 Å². The lowest BCUT2D eigenvalue weighted by atomic mass is 10.1. The van der Waals surface area contributed by atoms with Crippen LogP contribution in [0.4, 0.5) is 14.5 Å². The molecule has 0 unspecified atom stereocenters. The van der Waals surface area contributed by atoms with Gasteiger partial charge in [-0.25, -0.2) is 17.2 Å². The van der Waals surface area contributed by atoms with E-state index in [2.05, 4.69) is 5.32 Å². The molecule has 0 bridgehead atoms. The van der Waals surface area contributed by atoms with Crippen LogP contribution in [-0.2, 0) is 26.0 Å². The second-order valence-electron chi connectivity index (χ2n) is 8.18. The monoisotopic (exact) mass is 495 g/mol. The predicted octanol–water partition coefficient (Wildman–Crippen LogP) is 3.11. The summed E-state index contributed by atoms with van der Waals surface area (Å²) in [7, 11) is -4.02. The van der Waals surface area contributed by atoms with Crippen LogP contribution in [0.2, 0.25) is 0 Å². The highest BCUT2D eigenvalue weighted by molar-refractivity contribution is 7.92. The van der Waals surface area contributed by atoms with Gasteiger partial charge in [0.1, 0.15) is 12.6 Å². The molecule has 2 atom stereocenters. The molecule has 0 aliphatic rings. The number of sulfonamides is 1. The average molecular weight is 496 g/mol. The van der Waals surface area contributed by atoms with Crippen LogP contribution in [0.1, 0.15) is 32.8 Å². The van der Waals surface area contributed by atoms with Crippen molar-refractivity contribution in [1.82, 2.24) is 10.2 Å². The maximum atomic E-state index is 13.8. The first kappa shape index (κ1) is 27.2. The Bertz CT molecular complexity index is 1100. The molecule has 0 saturated heterocycles. The lowest BCUT2D eigenvalue weighted by molar-refractivity contribution is -0.139. The Morgan fingerprint density at radius 2 is 1.68 bits per heavy atom. The quantitative estimate of drug-likeness (QED) is 0.519. The van der Waals surface area contributed by atoms with E-state index in [1.54, 1.807) is 6.92 Å². The maximum absolute atomic E-state index is 13.8. The van der Waals surface area contributed by atoms with Crippen LogP contribution in [0.3, 0.4) is 0 Å². The van der Waals surface area contributed by atoms with Gasteiger partial charge in [0.05, 0.1) is 11.9 Å². The number of nitrogens with one attached hydrogen (secondary N) is 1. The van der Waals surface area contributed by atoms with Crippen molar-refractivity contribution in [2.24, 2.45) is 0 Å². The standard InChI is InChI=1S/C24H31F2N3O4S/c1-5-17(2)27-24(31)18(3)28(14-13-19-9-7-6-8-10-19)23(30)16-29(34(4,32)33)20-11-12-21(25)22(26)15-20/h6-12,15,17-18H,5,13-14,16H2,1-4H3,(H,27,31)/t17-,18+/m0/s1. The summed E-state index contributed by atoms with van der Waals surface area (Å²) in [5, 5.41) is 2.84. The van der Waals surface area contributed by atoms with Gasteiger partial charge in [0.15, 0.2) is 11.6 Å². The highest BCUT2D eigenvalue weighted by Crippen LogP contribution is 2.21. The number of hydrogen-bond donors (Lipinski definition) is 1. The van der Waals surface area contributed by atoms with E-state index in [1.165, 1.54) is 4.90 Å². The van der Waals surface area contributed by atoms with Gasteiger partial charge in [0.2, 0.25) is 21.8 Å². The minimum atomic E-state index is -4.02. The second kappa shape index (κ2) is 11.9. The molecule has 0 radical (unpaired) electrons. The van der Waals surface area contributed by atoms with Crippen LogP contribution in [0.5, 0.6) is 0 Å². The fraction of sp³-hybridized carbons (Fsp3) is 0.417. The zero-order valence-electron chi connectivity index (χ0n) is 19.8. The van der Waals surface area contributed by atoms with Crippen LogP contribution in [-0.4, -0.2) is 56.6 Å². The van der Waals surface area contributed by atoms with E-state index in [4.69, 9.17) is 0 Å². The number of hydrogen-bond acceptors (Lipinski definition) is 4. The van der Waals surface area contributed by atoms with Crippen molar-refractivity contribution >= 4 is 27.5 Å². The average Bonchev–Trinajstić information content (AvgIpc) is 2.79. The van der Waals surface area contributed by atoms with Crippen molar-refractivity contribution in [3.63, 3.8) is 0 Å². The van der Waals surface area contributed by atoms with Crippen LogP contribution in [0.15, 0.2) is 48.5 Å². The Hall–Kier alpha value is -3.01. The van der Waals surface area contributed by atoms with Crippen molar-refractivity contribution in [3.05, 3.63) is 65.7 Å². The molecule has 0 saturated carbocycles. The van der Waals surface area contributed by atoms with Crippen LogP contribution in [0.25, 0.3) is 0 Å². The summed E-state index contributed by atoms with van der Waals surface area (Å²) in [6.45, 7) is 4.82. The van der Waals surface area contributed by atoms with Gasteiger partial charge in [0, 0.05) is 18.7 Å². The van der Waals surface area contributed by atoms with E-state index in [0.29, 0.717) is 17.1 Å². The number of carbonyl (C=O) groups excluding carboxylic acids is 2. The highest BCUT2D eigenvalue weighted by atomic mass is 32.2. The first-order chi connectivity index (χ1) is 15.9. The Balaban J connectivity index is 2.33. The molecule has 186 valence electrons. The fourth-order valence-electron chi connectivity index (χ4n) is 3.29. The van der Waals surface area contributed by atoms with Gasteiger partial charge in [-0.2, -0.15) is 0 Å². The van der Waals surface area contributed by atoms with Crippen LogP contribution < -0.4 is 9.62 Å². The summed E-state index contributed by atoms with van der Waals surface area (Å²) < 4.78 is 52.7. The molecule has 0 fully saturated rings. The fourth-order valence-corrected chi connectivity index (χ4v) is 4.13. The van der Waals surface area contributed by atoms with E-state index in [-0.39, 0.29) is 24.2 Å². The third-order valence-corrected chi connectivity index (χ3v) is 6.66. The Morgan fingerprint density at radius 3 is 2.24 bits per heavy atom. The molecule has 2 rings (SSSR count). The third kappa shape index (κ3) is 7.51. The predicted molar refractivity (Wildman–Crippen MR) is 128 cm³/mol. The highest BCUT2D eigenvalue weighted by Gasteiger charge is 2.30. The van der Waals surface area contributed by atoms with Gasteiger partial charge >= 0.3 is 0 Å². The topological polar surface area (TPSA) is 86.8 Å². The van der Waals surface area contributed by atoms with Gasteiger partial charge in [-0.1, -0.05) is 37.3 Å². The summed E-state index contributed by atoms with van der Waals surface area (Å²) in [6, 6.07) is 11.0. The molecule has 34 heavy (non-hydrogen) atoms. The summed E-state index contributed by atoms with van der Waals surface area (Å²) >= 11 is 0. The molecule has 2 amide bonds. The zero-order valence-corrected chi connectivity index (χ0v) is 20.6. The molecule has 0 aliphatic carbocycles. The number of amides is 2. The smallest absolute Gasteiger partial charge is 0.244 e. The largest absolute Gasteiger partial charge is 0.352 e. The Labute approximate surface area is 199 Å². The SMILES string of the molecule is CC[C@H](C)NC(=O)[C@@H](C)N(CCc1ccccc1)C(=O)CN(c1ccc(F)c(F)c1)S(C)(=O)=O. The van der Waals surface area contributed by atoms with Crippen molar-refractivity contribution in [2.45, 2.75) is 45.7 Å². The molecular weight excluding hydrogens is 464 g/mol.